The third-order valence-corrected chi connectivity index (χ3v) is 4.75. The zero-order chi connectivity index (χ0) is 14.5. The maximum atomic E-state index is 6.18. The number of likely N-dealkylation sites (tertiary alicyclic amines) is 1. The van der Waals surface area contributed by atoms with Crippen LogP contribution in [0.15, 0.2) is 0 Å². The van der Waals surface area contributed by atoms with E-state index in [0.29, 0.717) is 18.2 Å². The molecular formula is C16H33N3O. The minimum absolute atomic E-state index is 0.424. The van der Waals surface area contributed by atoms with Crippen LogP contribution in [0.5, 0.6) is 0 Å². The molecule has 118 valence electrons. The van der Waals surface area contributed by atoms with Crippen molar-refractivity contribution in [3.05, 3.63) is 0 Å². The van der Waals surface area contributed by atoms with Gasteiger partial charge < -0.3 is 19.9 Å². The number of nitrogens with zero attached hydrogens (tertiary/aromatic N) is 2. The van der Waals surface area contributed by atoms with Crippen LogP contribution in [0, 0.1) is 0 Å². The Kier molecular flexibility index (Phi) is 6.27. The van der Waals surface area contributed by atoms with Crippen LogP contribution < -0.4 is 5.32 Å². The fourth-order valence-corrected chi connectivity index (χ4v) is 3.34. The zero-order valence-corrected chi connectivity index (χ0v) is 13.8. The van der Waals surface area contributed by atoms with Crippen molar-refractivity contribution >= 4 is 0 Å². The van der Waals surface area contributed by atoms with Gasteiger partial charge in [0.1, 0.15) is 0 Å². The molecule has 4 nitrogen and oxygen atoms in total. The first-order valence-electron chi connectivity index (χ1n) is 8.32. The highest BCUT2D eigenvalue weighted by Crippen LogP contribution is 2.22. The molecule has 0 saturated carbocycles. The highest BCUT2D eigenvalue weighted by molar-refractivity contribution is 4.82. The van der Waals surface area contributed by atoms with E-state index < -0.39 is 0 Å². The molecule has 0 aromatic heterocycles. The van der Waals surface area contributed by atoms with Crippen molar-refractivity contribution < 1.29 is 4.74 Å². The quantitative estimate of drug-likeness (QED) is 0.800. The van der Waals surface area contributed by atoms with Gasteiger partial charge >= 0.3 is 0 Å². The van der Waals surface area contributed by atoms with E-state index in [1.54, 1.807) is 0 Å². The van der Waals surface area contributed by atoms with Crippen LogP contribution in [0.1, 0.15) is 39.5 Å². The van der Waals surface area contributed by atoms with Gasteiger partial charge in [0.05, 0.1) is 12.2 Å². The fraction of sp³-hybridized carbons (Fsp3) is 1.00. The Morgan fingerprint density at radius 1 is 1.15 bits per heavy atom. The average Bonchev–Trinajstić information content (AvgIpc) is 2.84. The molecule has 0 bridgehead atoms. The molecule has 0 spiro atoms. The summed E-state index contributed by atoms with van der Waals surface area (Å²) < 4.78 is 6.18. The van der Waals surface area contributed by atoms with E-state index in [-0.39, 0.29) is 0 Å². The summed E-state index contributed by atoms with van der Waals surface area (Å²) in [5.74, 6) is 0. The lowest BCUT2D eigenvalue weighted by molar-refractivity contribution is 0.0138. The number of hydrogen-bond donors (Lipinski definition) is 1. The molecule has 2 heterocycles. The van der Waals surface area contributed by atoms with Crippen LogP contribution >= 0.6 is 0 Å². The molecular weight excluding hydrogens is 250 g/mol. The number of hydrogen-bond acceptors (Lipinski definition) is 4. The lowest BCUT2D eigenvalue weighted by Crippen LogP contribution is -2.44. The van der Waals surface area contributed by atoms with E-state index in [4.69, 9.17) is 4.74 Å². The molecule has 20 heavy (non-hydrogen) atoms. The first kappa shape index (κ1) is 16.2. The van der Waals surface area contributed by atoms with Gasteiger partial charge in [-0.15, -0.1) is 0 Å². The van der Waals surface area contributed by atoms with Crippen molar-refractivity contribution in [3.63, 3.8) is 0 Å². The topological polar surface area (TPSA) is 27.7 Å². The van der Waals surface area contributed by atoms with Crippen LogP contribution in [0.3, 0.4) is 0 Å². The van der Waals surface area contributed by atoms with Crippen LogP contribution in [0.4, 0.5) is 0 Å². The SMILES string of the molecule is CC(C)NCC1CCC(CN(C)C2CCN(C)CC2)O1. The van der Waals surface area contributed by atoms with Gasteiger partial charge in [0.2, 0.25) is 0 Å². The Morgan fingerprint density at radius 2 is 1.80 bits per heavy atom. The van der Waals surface area contributed by atoms with Crippen molar-refractivity contribution in [2.45, 2.75) is 63.8 Å². The molecule has 2 saturated heterocycles. The molecule has 2 aliphatic heterocycles. The van der Waals surface area contributed by atoms with Gasteiger partial charge in [-0.05, 0) is 52.9 Å². The van der Waals surface area contributed by atoms with Crippen LogP contribution in [0.25, 0.3) is 0 Å². The highest BCUT2D eigenvalue weighted by atomic mass is 16.5. The Bertz CT molecular complexity index is 277. The second-order valence-corrected chi connectivity index (χ2v) is 6.99. The summed E-state index contributed by atoms with van der Waals surface area (Å²) in [5, 5.41) is 3.49. The predicted molar refractivity (Wildman–Crippen MR) is 84.2 cm³/mol. The molecule has 1 N–H and O–H groups in total. The fourth-order valence-electron chi connectivity index (χ4n) is 3.34. The van der Waals surface area contributed by atoms with Crippen molar-refractivity contribution in [1.29, 1.82) is 0 Å². The Balaban J connectivity index is 1.66. The van der Waals surface area contributed by atoms with Gasteiger partial charge in [-0.2, -0.15) is 0 Å². The second-order valence-electron chi connectivity index (χ2n) is 6.99. The van der Waals surface area contributed by atoms with Crippen molar-refractivity contribution in [1.82, 2.24) is 15.1 Å². The maximum Gasteiger partial charge on any atom is 0.0707 e. The number of likely N-dealkylation sites (N-methyl/N-ethyl adjacent to an activating group) is 1. The van der Waals surface area contributed by atoms with Gasteiger partial charge in [0.25, 0.3) is 0 Å². The van der Waals surface area contributed by atoms with Crippen LogP contribution in [-0.2, 0) is 4.74 Å². The summed E-state index contributed by atoms with van der Waals surface area (Å²) in [7, 11) is 4.50. The summed E-state index contributed by atoms with van der Waals surface area (Å²) in [6, 6.07) is 1.31. The van der Waals surface area contributed by atoms with Gasteiger partial charge in [-0.3, -0.25) is 0 Å². The third kappa shape index (κ3) is 4.99. The molecule has 2 atom stereocenters. The van der Waals surface area contributed by atoms with Crippen LogP contribution in [-0.4, -0.2) is 74.4 Å². The standard InChI is InChI=1S/C16H33N3O/c1-13(2)17-11-15-5-6-16(20-15)12-19(4)14-7-9-18(3)10-8-14/h13-17H,5-12H2,1-4H3. The Hall–Kier alpha value is -0.160. The highest BCUT2D eigenvalue weighted by Gasteiger charge is 2.28. The molecule has 2 rings (SSSR count). The van der Waals surface area contributed by atoms with E-state index in [2.05, 4.69) is 43.1 Å². The summed E-state index contributed by atoms with van der Waals surface area (Å²) in [4.78, 5) is 4.97. The minimum Gasteiger partial charge on any atom is -0.372 e. The van der Waals surface area contributed by atoms with E-state index in [1.165, 1.54) is 38.8 Å². The number of piperidine rings is 1. The molecule has 2 unspecified atom stereocenters. The first-order valence-corrected chi connectivity index (χ1v) is 8.32. The predicted octanol–water partition coefficient (Wildman–Crippen LogP) is 1.56. The van der Waals surface area contributed by atoms with Crippen molar-refractivity contribution in [3.8, 4) is 0 Å². The monoisotopic (exact) mass is 283 g/mol. The van der Waals surface area contributed by atoms with Gasteiger partial charge in [-0.25, -0.2) is 0 Å². The maximum absolute atomic E-state index is 6.18. The van der Waals surface area contributed by atoms with E-state index in [0.717, 1.165) is 19.1 Å². The molecule has 0 radical (unpaired) electrons. The molecule has 0 aliphatic carbocycles. The van der Waals surface area contributed by atoms with Crippen LogP contribution in [0.2, 0.25) is 0 Å². The van der Waals surface area contributed by atoms with E-state index >= 15 is 0 Å². The second kappa shape index (κ2) is 7.74. The van der Waals surface area contributed by atoms with Gasteiger partial charge in [0.15, 0.2) is 0 Å². The average molecular weight is 283 g/mol. The largest absolute Gasteiger partial charge is 0.372 e. The Morgan fingerprint density at radius 3 is 2.45 bits per heavy atom. The molecule has 2 fully saturated rings. The summed E-state index contributed by atoms with van der Waals surface area (Å²) >= 11 is 0. The lowest BCUT2D eigenvalue weighted by atomic mass is 10.0. The van der Waals surface area contributed by atoms with Gasteiger partial charge in [0, 0.05) is 25.2 Å². The zero-order valence-electron chi connectivity index (χ0n) is 13.8. The number of ether oxygens (including phenoxy) is 1. The van der Waals surface area contributed by atoms with Gasteiger partial charge in [-0.1, -0.05) is 13.8 Å². The first-order chi connectivity index (χ1) is 9.54. The summed E-state index contributed by atoms with van der Waals surface area (Å²) in [6.45, 7) is 8.97. The van der Waals surface area contributed by atoms with Crippen molar-refractivity contribution in [2.24, 2.45) is 0 Å². The number of rotatable bonds is 6. The van der Waals surface area contributed by atoms with E-state index in [1.807, 2.05) is 0 Å². The minimum atomic E-state index is 0.424. The van der Waals surface area contributed by atoms with Crippen molar-refractivity contribution in [2.75, 3.05) is 40.3 Å². The molecule has 0 amide bonds. The van der Waals surface area contributed by atoms with E-state index in [9.17, 15) is 0 Å². The molecule has 0 aromatic rings. The number of nitrogens with one attached hydrogen (secondary N) is 1. The molecule has 2 aliphatic rings. The smallest absolute Gasteiger partial charge is 0.0707 e. The lowest BCUT2D eigenvalue weighted by Gasteiger charge is -2.36. The molecule has 4 heteroatoms. The third-order valence-electron chi connectivity index (χ3n) is 4.75. The summed E-state index contributed by atoms with van der Waals surface area (Å²) in [5.41, 5.74) is 0. The normalized spacial score (nSPS) is 29.7. The Labute approximate surface area is 124 Å². The summed E-state index contributed by atoms with van der Waals surface area (Å²) in [6.07, 6.45) is 5.91. The molecule has 0 aromatic carbocycles.